The number of aromatic nitrogens is 3. The predicted octanol–water partition coefficient (Wildman–Crippen LogP) is 3.46. The lowest BCUT2D eigenvalue weighted by molar-refractivity contribution is 0.527. The molecule has 0 aliphatic carbocycles. The Morgan fingerprint density at radius 2 is 2.10 bits per heavy atom. The van der Waals surface area contributed by atoms with Crippen LogP contribution < -0.4 is 5.32 Å². The van der Waals surface area contributed by atoms with Crippen molar-refractivity contribution in [2.24, 2.45) is 0 Å². The van der Waals surface area contributed by atoms with Gasteiger partial charge in [0.05, 0.1) is 22.4 Å². The van der Waals surface area contributed by atoms with Crippen molar-refractivity contribution in [3.8, 4) is 0 Å². The molecule has 0 amide bonds. The van der Waals surface area contributed by atoms with E-state index in [1.165, 1.54) is 5.56 Å². The van der Waals surface area contributed by atoms with Crippen molar-refractivity contribution in [2.45, 2.75) is 39.8 Å². The molecular weight excluding hydrogens is 316 g/mol. The normalized spacial score (nSPS) is 12.6. The highest BCUT2D eigenvalue weighted by molar-refractivity contribution is 9.10. The molecule has 2 heterocycles. The molecule has 0 aliphatic rings. The highest BCUT2D eigenvalue weighted by atomic mass is 79.9. The van der Waals surface area contributed by atoms with Gasteiger partial charge in [-0.2, -0.15) is 5.10 Å². The van der Waals surface area contributed by atoms with Crippen LogP contribution >= 0.6 is 15.9 Å². The summed E-state index contributed by atoms with van der Waals surface area (Å²) in [6.07, 6.45) is 4.90. The van der Waals surface area contributed by atoms with E-state index in [0.29, 0.717) is 0 Å². The van der Waals surface area contributed by atoms with E-state index in [-0.39, 0.29) is 6.04 Å². The van der Waals surface area contributed by atoms with Crippen LogP contribution in [0.1, 0.15) is 43.3 Å². The first kappa shape index (κ1) is 15.2. The largest absolute Gasteiger partial charge is 0.305 e. The molecule has 1 unspecified atom stereocenters. The molecule has 0 fully saturated rings. The number of nitrogens with zero attached hydrogens (tertiary/aromatic N) is 3. The fraction of sp³-hybridized carbons (Fsp3) is 0.467. The average molecular weight is 337 g/mol. The molecule has 2 aromatic rings. The summed E-state index contributed by atoms with van der Waals surface area (Å²) in [7, 11) is 0. The van der Waals surface area contributed by atoms with Crippen LogP contribution in [0.3, 0.4) is 0 Å². The molecule has 2 aromatic heterocycles. The lowest BCUT2D eigenvalue weighted by atomic mass is 10.1. The Morgan fingerprint density at radius 1 is 1.30 bits per heavy atom. The summed E-state index contributed by atoms with van der Waals surface area (Å²) in [5, 5.41) is 8.01. The molecule has 0 aromatic carbocycles. The quantitative estimate of drug-likeness (QED) is 0.878. The van der Waals surface area contributed by atoms with Crippen LogP contribution in [0.5, 0.6) is 0 Å². The van der Waals surface area contributed by atoms with E-state index < -0.39 is 0 Å². The zero-order chi connectivity index (χ0) is 14.5. The maximum absolute atomic E-state index is 4.42. The summed E-state index contributed by atoms with van der Waals surface area (Å²) < 4.78 is 3.06. The van der Waals surface area contributed by atoms with E-state index in [1.54, 1.807) is 0 Å². The zero-order valence-electron chi connectivity index (χ0n) is 12.2. The second kappa shape index (κ2) is 6.99. The van der Waals surface area contributed by atoms with Crippen molar-refractivity contribution in [3.63, 3.8) is 0 Å². The standard InChI is InChI=1S/C15H21BrN4/c1-4-8-17-14(12-7-6-11(3)18-9-12)15-13(16)10-19-20(15)5-2/h6-7,9-10,14,17H,4-5,8H2,1-3H3. The minimum atomic E-state index is 0.111. The molecule has 5 heteroatoms. The van der Waals surface area contributed by atoms with Gasteiger partial charge in [-0.25, -0.2) is 0 Å². The van der Waals surface area contributed by atoms with Gasteiger partial charge < -0.3 is 5.32 Å². The molecule has 1 N–H and O–H groups in total. The van der Waals surface area contributed by atoms with E-state index in [2.05, 4.69) is 57.3 Å². The van der Waals surface area contributed by atoms with Crippen LogP contribution in [0, 0.1) is 6.92 Å². The molecule has 0 aliphatic heterocycles. The highest BCUT2D eigenvalue weighted by Gasteiger charge is 2.21. The third-order valence-corrected chi connectivity index (χ3v) is 3.88. The number of hydrogen-bond donors (Lipinski definition) is 1. The van der Waals surface area contributed by atoms with Crippen molar-refractivity contribution < 1.29 is 0 Å². The Kier molecular flexibility index (Phi) is 5.31. The maximum atomic E-state index is 4.42. The summed E-state index contributed by atoms with van der Waals surface area (Å²) in [5.74, 6) is 0. The van der Waals surface area contributed by atoms with Gasteiger partial charge in [-0.3, -0.25) is 9.67 Å². The van der Waals surface area contributed by atoms with Crippen LogP contribution in [0.2, 0.25) is 0 Å². The summed E-state index contributed by atoms with van der Waals surface area (Å²) in [4.78, 5) is 4.42. The summed E-state index contributed by atoms with van der Waals surface area (Å²) in [6.45, 7) is 8.09. The van der Waals surface area contributed by atoms with Crippen LogP contribution in [0.4, 0.5) is 0 Å². The maximum Gasteiger partial charge on any atom is 0.0774 e. The number of rotatable bonds is 6. The molecule has 2 rings (SSSR count). The summed E-state index contributed by atoms with van der Waals surface area (Å²) >= 11 is 3.62. The van der Waals surface area contributed by atoms with Gasteiger partial charge in [0.25, 0.3) is 0 Å². The molecule has 0 saturated heterocycles. The van der Waals surface area contributed by atoms with Crippen molar-refractivity contribution in [2.75, 3.05) is 6.54 Å². The summed E-state index contributed by atoms with van der Waals surface area (Å²) in [5.41, 5.74) is 3.36. The number of halogens is 1. The van der Waals surface area contributed by atoms with Crippen LogP contribution in [-0.4, -0.2) is 21.3 Å². The molecular formula is C15H21BrN4. The number of hydrogen-bond acceptors (Lipinski definition) is 3. The van der Waals surface area contributed by atoms with Crippen LogP contribution in [0.15, 0.2) is 29.0 Å². The van der Waals surface area contributed by atoms with Crippen molar-refractivity contribution in [1.29, 1.82) is 0 Å². The van der Waals surface area contributed by atoms with Crippen LogP contribution in [0.25, 0.3) is 0 Å². The first-order valence-corrected chi connectivity index (χ1v) is 7.83. The first-order chi connectivity index (χ1) is 9.67. The van der Waals surface area contributed by atoms with Gasteiger partial charge in [0, 0.05) is 18.4 Å². The van der Waals surface area contributed by atoms with Gasteiger partial charge in [0.15, 0.2) is 0 Å². The van der Waals surface area contributed by atoms with E-state index in [4.69, 9.17) is 0 Å². The monoisotopic (exact) mass is 336 g/mol. The topological polar surface area (TPSA) is 42.7 Å². The number of nitrogens with one attached hydrogen (secondary N) is 1. The predicted molar refractivity (Wildman–Crippen MR) is 84.7 cm³/mol. The Morgan fingerprint density at radius 3 is 2.70 bits per heavy atom. The zero-order valence-corrected chi connectivity index (χ0v) is 13.8. The SMILES string of the molecule is CCCNC(c1ccc(C)nc1)c1c(Br)cnn1CC. The molecule has 108 valence electrons. The van der Waals surface area contributed by atoms with Gasteiger partial charge in [0.1, 0.15) is 0 Å². The van der Waals surface area contributed by atoms with Crippen LogP contribution in [-0.2, 0) is 6.54 Å². The van der Waals surface area contributed by atoms with E-state index in [9.17, 15) is 0 Å². The fourth-order valence-corrected chi connectivity index (χ4v) is 2.75. The molecule has 0 radical (unpaired) electrons. The summed E-state index contributed by atoms with van der Waals surface area (Å²) in [6, 6.07) is 4.30. The second-order valence-corrected chi connectivity index (χ2v) is 5.67. The smallest absolute Gasteiger partial charge is 0.0774 e. The van der Waals surface area contributed by atoms with Crippen molar-refractivity contribution in [1.82, 2.24) is 20.1 Å². The van der Waals surface area contributed by atoms with E-state index in [0.717, 1.165) is 35.4 Å². The lowest BCUT2D eigenvalue weighted by Crippen LogP contribution is -2.26. The third-order valence-electron chi connectivity index (χ3n) is 3.27. The Labute approximate surface area is 128 Å². The third kappa shape index (κ3) is 3.27. The molecule has 4 nitrogen and oxygen atoms in total. The van der Waals surface area contributed by atoms with Gasteiger partial charge >= 0.3 is 0 Å². The molecule has 20 heavy (non-hydrogen) atoms. The Balaban J connectivity index is 2.41. The van der Waals surface area contributed by atoms with Crippen molar-refractivity contribution in [3.05, 3.63) is 46.0 Å². The first-order valence-electron chi connectivity index (χ1n) is 7.04. The van der Waals surface area contributed by atoms with Gasteiger partial charge in [-0.05, 0) is 54.4 Å². The van der Waals surface area contributed by atoms with E-state index >= 15 is 0 Å². The lowest BCUT2D eigenvalue weighted by Gasteiger charge is -2.20. The van der Waals surface area contributed by atoms with Gasteiger partial charge in [-0.15, -0.1) is 0 Å². The minimum Gasteiger partial charge on any atom is -0.305 e. The minimum absolute atomic E-state index is 0.111. The number of pyridine rings is 1. The fourth-order valence-electron chi connectivity index (χ4n) is 2.22. The molecule has 0 bridgehead atoms. The molecule has 1 atom stereocenters. The van der Waals surface area contributed by atoms with E-state index in [1.807, 2.05) is 24.0 Å². The van der Waals surface area contributed by atoms with Crippen molar-refractivity contribution >= 4 is 15.9 Å². The van der Waals surface area contributed by atoms with Gasteiger partial charge in [-0.1, -0.05) is 13.0 Å². The number of aryl methyl sites for hydroxylation is 2. The molecule has 0 spiro atoms. The average Bonchev–Trinajstić information content (AvgIpc) is 2.82. The Hall–Kier alpha value is -1.20. The molecule has 0 saturated carbocycles. The second-order valence-electron chi connectivity index (χ2n) is 4.81. The van der Waals surface area contributed by atoms with Gasteiger partial charge in [0.2, 0.25) is 0 Å². The Bertz CT molecular complexity index is 548. The highest BCUT2D eigenvalue weighted by Crippen LogP contribution is 2.28.